The van der Waals surface area contributed by atoms with E-state index in [0.717, 1.165) is 17.0 Å². The van der Waals surface area contributed by atoms with Crippen LogP contribution < -0.4 is 10.6 Å². The van der Waals surface area contributed by atoms with E-state index in [2.05, 4.69) is 20.6 Å². The Hall–Kier alpha value is -3.67. The van der Waals surface area contributed by atoms with Gasteiger partial charge in [0, 0.05) is 17.3 Å². The molecule has 0 spiro atoms. The summed E-state index contributed by atoms with van der Waals surface area (Å²) in [6, 6.07) is 21.5. The molecule has 0 amide bonds. The first-order chi connectivity index (χ1) is 13.3. The summed E-state index contributed by atoms with van der Waals surface area (Å²) in [5.74, 6) is 1.60. The lowest BCUT2D eigenvalue weighted by molar-refractivity contribution is 0.518. The third kappa shape index (κ3) is 4.30. The fourth-order valence-electron chi connectivity index (χ4n) is 2.60. The number of nitrogens with zero attached hydrogens (tertiary/aromatic N) is 2. The van der Waals surface area contributed by atoms with Gasteiger partial charge in [0.2, 0.25) is 5.95 Å². The van der Waals surface area contributed by atoms with Gasteiger partial charge >= 0.3 is 0 Å². The number of nitrogens with one attached hydrogen (secondary N) is 2. The summed E-state index contributed by atoms with van der Waals surface area (Å²) in [5.41, 5.74) is 2.46. The second-order valence-electron chi connectivity index (χ2n) is 5.89. The average molecular weight is 360 g/mol. The Balaban J connectivity index is 1.64. The highest BCUT2D eigenvalue weighted by atomic mass is 19.1. The van der Waals surface area contributed by atoms with Crippen LogP contribution in [0.5, 0.6) is 0 Å². The average Bonchev–Trinajstić information content (AvgIpc) is 3.22. The van der Waals surface area contributed by atoms with Gasteiger partial charge in [0.15, 0.2) is 0 Å². The molecule has 4 rings (SSSR count). The minimum Gasteiger partial charge on any atom is -0.467 e. The van der Waals surface area contributed by atoms with Crippen LogP contribution in [0, 0.1) is 5.82 Å². The Morgan fingerprint density at radius 1 is 0.889 bits per heavy atom. The lowest BCUT2D eigenvalue weighted by Crippen LogP contribution is -2.05. The standard InChI is InChI=1S/C21H17FN4O/c22-16-8-10-17(11-9-16)24-21-25-19(15-5-2-1-3-6-15)13-20(26-21)23-14-18-7-4-12-27-18/h1-13H,14H2,(H2,23,24,25,26). The molecule has 27 heavy (non-hydrogen) atoms. The Morgan fingerprint density at radius 3 is 2.44 bits per heavy atom. The number of anilines is 3. The fraction of sp³-hybridized carbons (Fsp3) is 0.0476. The minimum atomic E-state index is -0.291. The van der Waals surface area contributed by atoms with E-state index in [9.17, 15) is 4.39 Å². The number of hydrogen-bond donors (Lipinski definition) is 2. The quantitative estimate of drug-likeness (QED) is 0.493. The van der Waals surface area contributed by atoms with Crippen molar-refractivity contribution >= 4 is 17.5 Å². The molecule has 0 saturated carbocycles. The monoisotopic (exact) mass is 360 g/mol. The van der Waals surface area contributed by atoms with Crippen LogP contribution in [-0.4, -0.2) is 9.97 Å². The summed E-state index contributed by atoms with van der Waals surface area (Å²) in [4.78, 5) is 9.09. The molecule has 0 unspecified atom stereocenters. The first kappa shape index (κ1) is 16.8. The van der Waals surface area contributed by atoms with E-state index < -0.39 is 0 Å². The van der Waals surface area contributed by atoms with Crippen molar-refractivity contribution in [1.82, 2.24) is 9.97 Å². The maximum Gasteiger partial charge on any atom is 0.229 e. The van der Waals surface area contributed by atoms with Crippen LogP contribution in [0.4, 0.5) is 21.8 Å². The zero-order chi connectivity index (χ0) is 18.5. The van der Waals surface area contributed by atoms with Crippen LogP contribution in [0.1, 0.15) is 5.76 Å². The lowest BCUT2D eigenvalue weighted by atomic mass is 10.1. The Morgan fingerprint density at radius 2 is 1.70 bits per heavy atom. The Kier molecular flexibility index (Phi) is 4.78. The minimum absolute atomic E-state index is 0.291. The van der Waals surface area contributed by atoms with E-state index in [0.29, 0.717) is 24.0 Å². The lowest BCUT2D eigenvalue weighted by Gasteiger charge is -2.11. The van der Waals surface area contributed by atoms with Crippen molar-refractivity contribution in [2.75, 3.05) is 10.6 Å². The zero-order valence-electron chi connectivity index (χ0n) is 14.4. The summed E-state index contributed by atoms with van der Waals surface area (Å²) in [5, 5.41) is 6.37. The number of hydrogen-bond acceptors (Lipinski definition) is 5. The Labute approximate surface area is 155 Å². The maximum absolute atomic E-state index is 13.1. The number of rotatable bonds is 6. The second-order valence-corrected chi connectivity index (χ2v) is 5.89. The van der Waals surface area contributed by atoms with Crippen LogP contribution in [0.3, 0.4) is 0 Å². The van der Waals surface area contributed by atoms with Gasteiger partial charge < -0.3 is 15.1 Å². The highest BCUT2D eigenvalue weighted by molar-refractivity contribution is 5.66. The smallest absolute Gasteiger partial charge is 0.229 e. The predicted molar refractivity (Wildman–Crippen MR) is 103 cm³/mol. The van der Waals surface area contributed by atoms with Gasteiger partial charge in [-0.15, -0.1) is 0 Å². The van der Waals surface area contributed by atoms with E-state index in [1.54, 1.807) is 18.4 Å². The van der Waals surface area contributed by atoms with E-state index in [1.165, 1.54) is 12.1 Å². The van der Waals surface area contributed by atoms with Crippen LogP contribution >= 0.6 is 0 Å². The van der Waals surface area contributed by atoms with Gasteiger partial charge in [-0.25, -0.2) is 9.37 Å². The highest BCUT2D eigenvalue weighted by Crippen LogP contribution is 2.23. The molecule has 0 atom stereocenters. The molecule has 2 aromatic heterocycles. The van der Waals surface area contributed by atoms with Gasteiger partial charge in [-0.1, -0.05) is 30.3 Å². The summed E-state index contributed by atoms with van der Waals surface area (Å²) in [6.07, 6.45) is 1.63. The third-order valence-electron chi connectivity index (χ3n) is 3.92. The molecule has 0 aliphatic rings. The summed E-state index contributed by atoms with van der Waals surface area (Å²) >= 11 is 0. The van der Waals surface area contributed by atoms with Gasteiger partial charge in [0.25, 0.3) is 0 Å². The molecule has 4 aromatic rings. The molecule has 0 saturated heterocycles. The molecule has 0 aliphatic carbocycles. The van der Waals surface area contributed by atoms with E-state index >= 15 is 0 Å². The van der Waals surface area contributed by atoms with Crippen LogP contribution in [0.25, 0.3) is 11.3 Å². The van der Waals surface area contributed by atoms with Crippen LogP contribution in [0.15, 0.2) is 83.5 Å². The van der Waals surface area contributed by atoms with Crippen molar-refractivity contribution in [1.29, 1.82) is 0 Å². The molecule has 5 nitrogen and oxygen atoms in total. The SMILES string of the molecule is Fc1ccc(Nc2nc(NCc3ccco3)cc(-c3ccccc3)n2)cc1. The van der Waals surface area contributed by atoms with Gasteiger partial charge in [0.1, 0.15) is 17.4 Å². The first-order valence-electron chi connectivity index (χ1n) is 8.50. The number of aromatic nitrogens is 2. The molecule has 2 heterocycles. The second kappa shape index (κ2) is 7.70. The van der Waals surface area contributed by atoms with Crippen molar-refractivity contribution in [2.24, 2.45) is 0 Å². The molecule has 6 heteroatoms. The van der Waals surface area contributed by atoms with Crippen molar-refractivity contribution < 1.29 is 8.81 Å². The normalized spacial score (nSPS) is 10.6. The van der Waals surface area contributed by atoms with E-state index in [4.69, 9.17) is 4.42 Å². The third-order valence-corrected chi connectivity index (χ3v) is 3.92. The van der Waals surface area contributed by atoms with Crippen molar-refractivity contribution in [3.05, 3.63) is 90.6 Å². The summed E-state index contributed by atoms with van der Waals surface area (Å²) < 4.78 is 18.5. The predicted octanol–water partition coefficient (Wildman–Crippen LogP) is 5.23. The fourth-order valence-corrected chi connectivity index (χ4v) is 2.60. The molecule has 0 bridgehead atoms. The van der Waals surface area contributed by atoms with Gasteiger partial charge in [-0.2, -0.15) is 4.98 Å². The number of halogens is 1. The van der Waals surface area contributed by atoms with Crippen molar-refractivity contribution in [3.63, 3.8) is 0 Å². The van der Waals surface area contributed by atoms with E-state index in [1.807, 2.05) is 48.5 Å². The molecule has 134 valence electrons. The molecule has 2 N–H and O–H groups in total. The summed E-state index contributed by atoms with van der Waals surface area (Å²) in [6.45, 7) is 0.508. The maximum atomic E-state index is 13.1. The number of benzene rings is 2. The number of furan rings is 1. The van der Waals surface area contributed by atoms with Gasteiger partial charge in [0.05, 0.1) is 18.5 Å². The first-order valence-corrected chi connectivity index (χ1v) is 8.50. The van der Waals surface area contributed by atoms with E-state index in [-0.39, 0.29) is 5.82 Å². The van der Waals surface area contributed by atoms with Crippen molar-refractivity contribution in [3.8, 4) is 11.3 Å². The molecule has 2 aromatic carbocycles. The molecular weight excluding hydrogens is 343 g/mol. The van der Waals surface area contributed by atoms with Crippen LogP contribution in [-0.2, 0) is 6.54 Å². The topological polar surface area (TPSA) is 63.0 Å². The van der Waals surface area contributed by atoms with Crippen LogP contribution in [0.2, 0.25) is 0 Å². The molecule has 0 fully saturated rings. The Bertz CT molecular complexity index is 1000. The molecule has 0 aliphatic heterocycles. The highest BCUT2D eigenvalue weighted by Gasteiger charge is 2.08. The molecular formula is C21H17FN4O. The van der Waals surface area contributed by atoms with Crippen molar-refractivity contribution in [2.45, 2.75) is 6.54 Å². The largest absolute Gasteiger partial charge is 0.467 e. The van der Waals surface area contributed by atoms with Gasteiger partial charge in [-0.3, -0.25) is 0 Å². The summed E-state index contributed by atoms with van der Waals surface area (Å²) in [7, 11) is 0. The zero-order valence-corrected chi connectivity index (χ0v) is 14.4. The molecule has 0 radical (unpaired) electrons. The van der Waals surface area contributed by atoms with Gasteiger partial charge in [-0.05, 0) is 36.4 Å².